The third kappa shape index (κ3) is 6.73. The van der Waals surface area contributed by atoms with Gasteiger partial charge in [0.15, 0.2) is 0 Å². The van der Waals surface area contributed by atoms with Crippen molar-refractivity contribution in [2.24, 2.45) is 5.92 Å². The molecule has 0 aliphatic carbocycles. The normalized spacial score (nSPS) is 11.9. The summed E-state index contributed by atoms with van der Waals surface area (Å²) in [5, 5.41) is 15.0. The smallest absolute Gasteiger partial charge is 0.315 e. The first-order valence-electron chi connectivity index (χ1n) is 6.88. The van der Waals surface area contributed by atoms with E-state index in [2.05, 4.69) is 22.5 Å². The van der Waals surface area contributed by atoms with Crippen LogP contribution in [0.4, 0.5) is 4.79 Å². The quantitative estimate of drug-likeness (QED) is 0.645. The average molecular weight is 300 g/mol. The van der Waals surface area contributed by atoms with E-state index < -0.39 is 0 Å². The fraction of sp³-hybridized carbons (Fsp3) is 0.571. The molecule has 1 heterocycles. The Hall–Kier alpha value is -1.33. The predicted octanol–water partition coefficient (Wildman–Crippen LogP) is 2.33. The molecule has 1 atom stereocenters. The lowest BCUT2D eigenvalue weighted by atomic mass is 10.0. The molecule has 0 spiro atoms. The largest absolute Gasteiger partial charge is 0.396 e. The number of nitrogens with zero attached hydrogens (tertiary/aromatic N) is 1. The Morgan fingerprint density at radius 3 is 2.80 bits per heavy atom. The maximum Gasteiger partial charge on any atom is 0.315 e. The van der Waals surface area contributed by atoms with Crippen LogP contribution >= 0.6 is 11.6 Å². The van der Waals surface area contributed by atoms with Crippen LogP contribution in [-0.4, -0.2) is 29.3 Å². The number of hydrogen-bond acceptors (Lipinski definition) is 3. The molecule has 1 unspecified atom stereocenters. The summed E-state index contributed by atoms with van der Waals surface area (Å²) < 4.78 is 0. The van der Waals surface area contributed by atoms with Gasteiger partial charge in [0, 0.05) is 25.9 Å². The highest BCUT2D eigenvalue weighted by Crippen LogP contribution is 2.09. The Morgan fingerprint density at radius 2 is 2.20 bits per heavy atom. The van der Waals surface area contributed by atoms with Crippen molar-refractivity contribution in [3.8, 4) is 0 Å². The van der Waals surface area contributed by atoms with Crippen LogP contribution in [0.5, 0.6) is 0 Å². The number of pyridine rings is 1. The van der Waals surface area contributed by atoms with Crippen molar-refractivity contribution in [3.63, 3.8) is 0 Å². The van der Waals surface area contributed by atoms with Gasteiger partial charge in [0.25, 0.3) is 0 Å². The molecule has 0 fully saturated rings. The number of aliphatic hydroxyl groups excluding tert-OH is 1. The van der Waals surface area contributed by atoms with Crippen molar-refractivity contribution in [1.29, 1.82) is 0 Å². The third-order valence-electron chi connectivity index (χ3n) is 3.03. The number of hydrogen-bond donors (Lipinski definition) is 3. The fourth-order valence-corrected chi connectivity index (χ4v) is 2.04. The van der Waals surface area contributed by atoms with Gasteiger partial charge in [-0.1, -0.05) is 31.0 Å². The molecule has 0 radical (unpaired) electrons. The van der Waals surface area contributed by atoms with E-state index in [1.165, 1.54) is 0 Å². The van der Waals surface area contributed by atoms with Crippen molar-refractivity contribution in [1.82, 2.24) is 15.6 Å². The van der Waals surface area contributed by atoms with Crippen LogP contribution in [0.2, 0.25) is 5.15 Å². The Morgan fingerprint density at radius 1 is 1.40 bits per heavy atom. The molecule has 5 nitrogen and oxygen atoms in total. The Bertz CT molecular complexity index is 392. The third-order valence-corrected chi connectivity index (χ3v) is 3.25. The van der Waals surface area contributed by atoms with E-state index in [-0.39, 0.29) is 12.6 Å². The zero-order valence-electron chi connectivity index (χ0n) is 11.7. The molecule has 6 heteroatoms. The van der Waals surface area contributed by atoms with Crippen LogP contribution < -0.4 is 10.6 Å². The first-order chi connectivity index (χ1) is 9.65. The predicted molar refractivity (Wildman–Crippen MR) is 79.6 cm³/mol. The average Bonchev–Trinajstić information content (AvgIpc) is 2.44. The van der Waals surface area contributed by atoms with Crippen molar-refractivity contribution in [2.75, 3.05) is 13.2 Å². The molecule has 2 amide bonds. The van der Waals surface area contributed by atoms with E-state index in [9.17, 15) is 4.79 Å². The van der Waals surface area contributed by atoms with Crippen LogP contribution in [0, 0.1) is 5.92 Å². The topological polar surface area (TPSA) is 74.2 Å². The maximum atomic E-state index is 11.7. The second-order valence-electron chi connectivity index (χ2n) is 4.72. The minimum absolute atomic E-state index is 0.157. The van der Waals surface area contributed by atoms with Gasteiger partial charge < -0.3 is 15.7 Å². The van der Waals surface area contributed by atoms with Gasteiger partial charge in [-0.2, -0.15) is 0 Å². The van der Waals surface area contributed by atoms with Crippen molar-refractivity contribution < 1.29 is 9.90 Å². The second kappa shape index (κ2) is 9.55. The summed E-state index contributed by atoms with van der Waals surface area (Å²) in [6.07, 6.45) is 4.40. The Balaban J connectivity index is 2.27. The Kier molecular flexibility index (Phi) is 7.99. The highest BCUT2D eigenvalue weighted by molar-refractivity contribution is 6.29. The molecule has 1 aromatic rings. The molecule has 1 aromatic heterocycles. The highest BCUT2D eigenvalue weighted by atomic mass is 35.5. The maximum absolute atomic E-state index is 11.7. The summed E-state index contributed by atoms with van der Waals surface area (Å²) in [6.45, 7) is 3.25. The summed E-state index contributed by atoms with van der Waals surface area (Å²) >= 11 is 5.69. The number of amides is 2. The van der Waals surface area contributed by atoms with E-state index in [1.807, 2.05) is 6.07 Å². The number of rotatable bonds is 8. The summed E-state index contributed by atoms with van der Waals surface area (Å²) in [5.74, 6) is 0.327. The monoisotopic (exact) mass is 299 g/mol. The first-order valence-corrected chi connectivity index (χ1v) is 7.26. The minimum Gasteiger partial charge on any atom is -0.396 e. The number of urea groups is 1. The lowest BCUT2D eigenvalue weighted by Crippen LogP contribution is -2.38. The summed E-state index contributed by atoms with van der Waals surface area (Å²) in [6, 6.07) is 3.30. The standard InChI is InChI=1S/C14H22ClN3O2/c1-2-3-11(6-7-19)8-17-14(20)18-10-12-4-5-13(15)16-9-12/h4-5,9,11,19H,2-3,6-8,10H2,1H3,(H2,17,18,20). The van der Waals surface area contributed by atoms with E-state index in [4.69, 9.17) is 16.7 Å². The molecule has 3 N–H and O–H groups in total. The summed E-state index contributed by atoms with van der Waals surface area (Å²) in [7, 11) is 0. The minimum atomic E-state index is -0.209. The number of carbonyl (C=O) groups excluding carboxylic acids is 1. The molecule has 20 heavy (non-hydrogen) atoms. The van der Waals surface area contributed by atoms with Gasteiger partial charge in [0.2, 0.25) is 0 Å². The summed E-state index contributed by atoms with van der Waals surface area (Å²) in [5.41, 5.74) is 0.894. The molecular formula is C14H22ClN3O2. The Labute approximate surface area is 124 Å². The number of nitrogens with one attached hydrogen (secondary N) is 2. The number of aliphatic hydroxyl groups is 1. The SMILES string of the molecule is CCCC(CCO)CNC(=O)NCc1ccc(Cl)nc1. The number of halogens is 1. The van der Waals surface area contributed by atoms with Crippen LogP contribution in [-0.2, 0) is 6.54 Å². The van der Waals surface area contributed by atoms with Gasteiger partial charge in [-0.15, -0.1) is 0 Å². The van der Waals surface area contributed by atoms with Gasteiger partial charge in [-0.3, -0.25) is 0 Å². The molecule has 0 saturated heterocycles. The molecule has 0 bridgehead atoms. The van der Waals surface area contributed by atoms with Crippen molar-refractivity contribution >= 4 is 17.6 Å². The van der Waals surface area contributed by atoms with Crippen LogP contribution in [0.25, 0.3) is 0 Å². The van der Waals surface area contributed by atoms with Crippen LogP contribution in [0.3, 0.4) is 0 Å². The molecule has 0 aliphatic heterocycles. The lowest BCUT2D eigenvalue weighted by molar-refractivity contribution is 0.229. The lowest BCUT2D eigenvalue weighted by Gasteiger charge is -2.16. The number of carbonyl (C=O) groups is 1. The molecule has 112 valence electrons. The van der Waals surface area contributed by atoms with E-state index in [0.717, 1.165) is 24.8 Å². The molecule has 1 rings (SSSR count). The molecule has 0 aliphatic rings. The van der Waals surface area contributed by atoms with Crippen molar-refractivity contribution in [3.05, 3.63) is 29.0 Å². The first kappa shape index (κ1) is 16.7. The van der Waals surface area contributed by atoms with E-state index >= 15 is 0 Å². The molecule has 0 saturated carbocycles. The highest BCUT2D eigenvalue weighted by Gasteiger charge is 2.09. The molecular weight excluding hydrogens is 278 g/mol. The van der Waals surface area contributed by atoms with Gasteiger partial charge in [-0.05, 0) is 30.4 Å². The second-order valence-corrected chi connectivity index (χ2v) is 5.11. The summed E-state index contributed by atoms with van der Waals surface area (Å²) in [4.78, 5) is 15.6. The van der Waals surface area contributed by atoms with Gasteiger partial charge >= 0.3 is 6.03 Å². The van der Waals surface area contributed by atoms with Gasteiger partial charge in [0.05, 0.1) is 0 Å². The number of aromatic nitrogens is 1. The zero-order chi connectivity index (χ0) is 14.8. The van der Waals surface area contributed by atoms with E-state index in [1.54, 1.807) is 12.3 Å². The van der Waals surface area contributed by atoms with E-state index in [0.29, 0.717) is 24.2 Å². The van der Waals surface area contributed by atoms with Crippen LogP contribution in [0.15, 0.2) is 18.3 Å². The molecule has 0 aromatic carbocycles. The fourth-order valence-electron chi connectivity index (χ4n) is 1.93. The zero-order valence-corrected chi connectivity index (χ0v) is 12.5. The van der Waals surface area contributed by atoms with Crippen molar-refractivity contribution in [2.45, 2.75) is 32.7 Å². The van der Waals surface area contributed by atoms with Crippen LogP contribution in [0.1, 0.15) is 31.7 Å². The van der Waals surface area contributed by atoms with Gasteiger partial charge in [-0.25, -0.2) is 9.78 Å². The van der Waals surface area contributed by atoms with Gasteiger partial charge in [0.1, 0.15) is 5.15 Å².